The molecule has 144 valence electrons. The summed E-state index contributed by atoms with van der Waals surface area (Å²) in [5, 5.41) is 0.459. The van der Waals surface area contributed by atoms with Crippen LogP contribution in [0.25, 0.3) is 0 Å². The zero-order valence-corrected chi connectivity index (χ0v) is 16.7. The predicted octanol–water partition coefficient (Wildman–Crippen LogP) is 3.47. The molecule has 0 fully saturated rings. The maximum absolute atomic E-state index is 12.7. The molecule has 0 radical (unpaired) electrons. The van der Waals surface area contributed by atoms with Crippen LogP contribution in [0.15, 0.2) is 12.1 Å². The molecule has 8 heteroatoms. The molecular formula is C18H25ClN2O5. The average molecular weight is 385 g/mol. The quantitative estimate of drug-likeness (QED) is 0.743. The summed E-state index contributed by atoms with van der Waals surface area (Å²) in [5.74, 6) is -0.165. The third kappa shape index (κ3) is 4.52. The molecule has 0 spiro atoms. The fourth-order valence-electron chi connectivity index (χ4n) is 2.48. The van der Waals surface area contributed by atoms with E-state index < -0.39 is 23.8 Å². The van der Waals surface area contributed by atoms with Gasteiger partial charge in [-0.3, -0.25) is 4.90 Å². The van der Waals surface area contributed by atoms with Crippen LogP contribution in [0.1, 0.15) is 27.7 Å². The molecule has 1 amide bonds. The van der Waals surface area contributed by atoms with Crippen LogP contribution < -0.4 is 14.5 Å². The Morgan fingerprint density at radius 3 is 2.54 bits per heavy atom. The fraction of sp³-hybridized carbons (Fsp3) is 0.556. The highest BCUT2D eigenvalue weighted by molar-refractivity contribution is 6.33. The van der Waals surface area contributed by atoms with Crippen molar-refractivity contribution in [2.24, 2.45) is 0 Å². The summed E-state index contributed by atoms with van der Waals surface area (Å²) in [6.07, 6.45) is -1.52. The van der Waals surface area contributed by atoms with Crippen LogP contribution in [-0.2, 0) is 14.3 Å². The number of rotatable bonds is 3. The van der Waals surface area contributed by atoms with Crippen molar-refractivity contribution in [3.05, 3.63) is 17.2 Å². The first-order valence-electron chi connectivity index (χ1n) is 8.38. The summed E-state index contributed by atoms with van der Waals surface area (Å²) in [6.45, 7) is 7.25. The van der Waals surface area contributed by atoms with Gasteiger partial charge in [-0.2, -0.15) is 0 Å². The normalized spacial score (nSPS) is 16.4. The van der Waals surface area contributed by atoms with E-state index in [1.54, 1.807) is 39.8 Å². The average Bonchev–Trinajstić information content (AvgIpc) is 2.51. The van der Waals surface area contributed by atoms with Crippen LogP contribution in [0.5, 0.6) is 5.75 Å². The van der Waals surface area contributed by atoms with Gasteiger partial charge >= 0.3 is 12.1 Å². The molecule has 26 heavy (non-hydrogen) atoms. The monoisotopic (exact) mass is 384 g/mol. The molecule has 1 aliphatic heterocycles. The van der Waals surface area contributed by atoms with Gasteiger partial charge in [0, 0.05) is 20.2 Å². The number of fused-ring (bicyclic) bond motifs is 1. The second kappa shape index (κ2) is 7.61. The van der Waals surface area contributed by atoms with Crippen molar-refractivity contribution in [3.63, 3.8) is 0 Å². The maximum Gasteiger partial charge on any atom is 0.415 e. The predicted molar refractivity (Wildman–Crippen MR) is 100 cm³/mol. The molecule has 1 heterocycles. The van der Waals surface area contributed by atoms with Gasteiger partial charge in [0.2, 0.25) is 6.10 Å². The molecule has 1 aromatic carbocycles. The van der Waals surface area contributed by atoms with E-state index in [1.807, 2.05) is 19.0 Å². The molecule has 0 aliphatic carbocycles. The lowest BCUT2D eigenvalue weighted by atomic mass is 10.1. The van der Waals surface area contributed by atoms with Crippen LogP contribution >= 0.6 is 11.6 Å². The first-order valence-corrected chi connectivity index (χ1v) is 8.76. The van der Waals surface area contributed by atoms with Crippen LogP contribution in [0.3, 0.4) is 0 Å². The van der Waals surface area contributed by atoms with E-state index >= 15 is 0 Å². The molecule has 0 saturated heterocycles. The second-order valence-corrected chi connectivity index (χ2v) is 7.52. The highest BCUT2D eigenvalue weighted by atomic mass is 35.5. The van der Waals surface area contributed by atoms with Gasteiger partial charge in [-0.05, 0) is 33.8 Å². The van der Waals surface area contributed by atoms with E-state index in [4.69, 9.17) is 25.8 Å². The summed E-state index contributed by atoms with van der Waals surface area (Å²) >= 11 is 6.34. The molecule has 0 saturated carbocycles. The lowest BCUT2D eigenvalue weighted by molar-refractivity contribution is -0.151. The fourth-order valence-corrected chi connectivity index (χ4v) is 2.81. The van der Waals surface area contributed by atoms with Gasteiger partial charge in [0.1, 0.15) is 11.4 Å². The molecular weight excluding hydrogens is 360 g/mol. The zero-order chi connectivity index (χ0) is 19.6. The largest absolute Gasteiger partial charge is 0.475 e. The Labute approximate surface area is 158 Å². The molecule has 1 atom stereocenters. The Morgan fingerprint density at radius 1 is 1.35 bits per heavy atom. The van der Waals surface area contributed by atoms with Gasteiger partial charge in [0.15, 0.2) is 0 Å². The van der Waals surface area contributed by atoms with Gasteiger partial charge in [-0.1, -0.05) is 11.6 Å². The van der Waals surface area contributed by atoms with Gasteiger partial charge in [-0.15, -0.1) is 0 Å². The first kappa shape index (κ1) is 20.2. The number of carbonyl (C=O) groups excluding carboxylic acids is 2. The summed E-state index contributed by atoms with van der Waals surface area (Å²) in [6, 6.07) is 3.33. The van der Waals surface area contributed by atoms with Crippen molar-refractivity contribution in [1.82, 2.24) is 0 Å². The highest BCUT2D eigenvalue weighted by Gasteiger charge is 2.37. The number of hydrogen-bond donors (Lipinski definition) is 0. The number of halogens is 1. The van der Waals surface area contributed by atoms with Crippen LogP contribution in [0.4, 0.5) is 16.2 Å². The lowest BCUT2D eigenvalue weighted by Gasteiger charge is -2.35. The number of carbonyl (C=O) groups is 2. The molecule has 1 aliphatic rings. The van der Waals surface area contributed by atoms with E-state index in [0.717, 1.165) is 0 Å². The number of ether oxygens (including phenoxy) is 3. The third-order valence-corrected chi connectivity index (χ3v) is 3.88. The molecule has 7 nitrogen and oxygen atoms in total. The second-order valence-electron chi connectivity index (χ2n) is 7.12. The van der Waals surface area contributed by atoms with E-state index in [-0.39, 0.29) is 13.2 Å². The molecule has 2 rings (SSSR count). The third-order valence-electron chi connectivity index (χ3n) is 3.58. The molecule has 0 N–H and O–H groups in total. The summed E-state index contributed by atoms with van der Waals surface area (Å²) in [7, 11) is 3.68. The smallest absolute Gasteiger partial charge is 0.415 e. The number of amides is 1. The minimum atomic E-state index is -0.939. The molecule has 0 aromatic heterocycles. The summed E-state index contributed by atoms with van der Waals surface area (Å²) in [4.78, 5) is 28.0. The topological polar surface area (TPSA) is 68.3 Å². The van der Waals surface area contributed by atoms with E-state index in [9.17, 15) is 9.59 Å². The molecule has 1 unspecified atom stereocenters. The lowest BCUT2D eigenvalue weighted by Crippen LogP contribution is -2.49. The molecule has 1 aromatic rings. The van der Waals surface area contributed by atoms with Crippen molar-refractivity contribution in [2.75, 3.05) is 37.0 Å². The summed E-state index contributed by atoms with van der Waals surface area (Å²) < 4.78 is 16.3. The Morgan fingerprint density at radius 2 is 2.00 bits per heavy atom. The Kier molecular flexibility index (Phi) is 5.91. The number of benzene rings is 1. The van der Waals surface area contributed by atoms with Gasteiger partial charge < -0.3 is 19.1 Å². The first-order chi connectivity index (χ1) is 12.0. The van der Waals surface area contributed by atoms with Crippen molar-refractivity contribution < 1.29 is 23.8 Å². The van der Waals surface area contributed by atoms with Crippen LogP contribution in [0.2, 0.25) is 5.02 Å². The Hall–Kier alpha value is -2.15. The number of nitrogens with zero attached hydrogens (tertiary/aromatic N) is 2. The van der Waals surface area contributed by atoms with Crippen molar-refractivity contribution in [3.8, 4) is 5.75 Å². The highest BCUT2D eigenvalue weighted by Crippen LogP contribution is 2.41. The Balaban J connectivity index is 2.45. The van der Waals surface area contributed by atoms with Crippen LogP contribution in [-0.4, -0.2) is 51.0 Å². The maximum atomic E-state index is 12.7. The minimum Gasteiger partial charge on any atom is -0.475 e. The summed E-state index contributed by atoms with van der Waals surface area (Å²) in [5.41, 5.74) is 0.483. The van der Waals surface area contributed by atoms with Gasteiger partial charge in [-0.25, -0.2) is 9.59 Å². The van der Waals surface area contributed by atoms with E-state index in [0.29, 0.717) is 22.1 Å². The SMILES string of the molecule is CCOC(=O)C1CN(C(=O)OC(C)(C)C)c2cc(Cl)c(N(C)C)cc2O1. The number of anilines is 2. The van der Waals surface area contributed by atoms with Crippen molar-refractivity contribution in [1.29, 1.82) is 0 Å². The van der Waals surface area contributed by atoms with E-state index in [2.05, 4.69) is 0 Å². The van der Waals surface area contributed by atoms with Crippen molar-refractivity contribution >= 4 is 35.0 Å². The van der Waals surface area contributed by atoms with Gasteiger partial charge in [0.05, 0.1) is 29.5 Å². The number of hydrogen-bond acceptors (Lipinski definition) is 6. The zero-order valence-electron chi connectivity index (χ0n) is 16.0. The number of esters is 1. The Bertz CT molecular complexity index is 700. The van der Waals surface area contributed by atoms with Crippen molar-refractivity contribution in [2.45, 2.75) is 39.4 Å². The van der Waals surface area contributed by atoms with Crippen LogP contribution in [0, 0.1) is 0 Å². The minimum absolute atomic E-state index is 0.0155. The molecule has 0 bridgehead atoms. The van der Waals surface area contributed by atoms with E-state index in [1.165, 1.54) is 4.90 Å². The standard InChI is InChI=1S/C18H25ClN2O5/c1-7-24-16(22)15-10-21(17(23)26-18(2,3)4)13-8-11(19)12(20(5)6)9-14(13)25-15/h8-9,15H,7,10H2,1-6H3. The van der Waals surface area contributed by atoms with Gasteiger partial charge in [0.25, 0.3) is 0 Å².